The molecule has 3 fully saturated rings. The number of aromatic nitrogens is 1. The molecular weight excluding hydrogens is 300 g/mol. The summed E-state index contributed by atoms with van der Waals surface area (Å²) in [5.74, 6) is 0.981. The van der Waals surface area contributed by atoms with Crippen molar-refractivity contribution in [3.63, 3.8) is 0 Å². The van der Waals surface area contributed by atoms with E-state index in [1.807, 2.05) is 18.2 Å². The van der Waals surface area contributed by atoms with E-state index in [0.717, 1.165) is 0 Å². The Hall–Kier alpha value is -1.14. The van der Waals surface area contributed by atoms with Crippen molar-refractivity contribution in [1.29, 1.82) is 0 Å². The Labute approximate surface area is 131 Å². The van der Waals surface area contributed by atoms with Crippen LogP contribution in [-0.2, 0) is 9.84 Å². The molecule has 1 aliphatic carbocycles. The minimum atomic E-state index is -3.00. The Morgan fingerprint density at radius 1 is 1.27 bits per heavy atom. The number of hydrogen-bond donors (Lipinski definition) is 0. The van der Waals surface area contributed by atoms with Crippen molar-refractivity contribution in [1.82, 2.24) is 9.88 Å². The zero-order chi connectivity index (χ0) is 15.2. The highest BCUT2D eigenvalue weighted by molar-refractivity contribution is 7.93. The van der Waals surface area contributed by atoms with E-state index in [0.29, 0.717) is 43.8 Å². The molecule has 2 saturated heterocycles. The molecule has 1 aromatic rings. The van der Waals surface area contributed by atoms with E-state index < -0.39 is 14.6 Å². The molecule has 22 heavy (non-hydrogen) atoms. The molecular formula is C16H22N2O3S. The molecule has 4 rings (SSSR count). The van der Waals surface area contributed by atoms with Crippen LogP contribution in [0.3, 0.4) is 0 Å². The second kappa shape index (κ2) is 5.20. The number of likely N-dealkylation sites (tertiary alicyclic amines) is 1. The van der Waals surface area contributed by atoms with Crippen molar-refractivity contribution in [2.75, 3.05) is 25.4 Å². The first-order valence-electron chi connectivity index (χ1n) is 8.11. The van der Waals surface area contributed by atoms with Crippen molar-refractivity contribution < 1.29 is 13.2 Å². The number of nitrogens with zero attached hydrogens (tertiary/aromatic N) is 2. The summed E-state index contributed by atoms with van der Waals surface area (Å²) in [7, 11) is -3.00. The topological polar surface area (TPSA) is 59.5 Å². The predicted molar refractivity (Wildman–Crippen MR) is 83.6 cm³/mol. The van der Waals surface area contributed by atoms with Crippen LogP contribution in [0, 0.1) is 5.92 Å². The third kappa shape index (κ3) is 2.15. The number of sulfone groups is 1. The van der Waals surface area contributed by atoms with E-state index >= 15 is 0 Å². The molecule has 120 valence electrons. The van der Waals surface area contributed by atoms with E-state index in [1.54, 1.807) is 6.20 Å². The first kappa shape index (κ1) is 14.5. The molecule has 1 spiro atoms. The molecule has 1 atom stereocenters. The second-order valence-electron chi connectivity index (χ2n) is 6.84. The summed E-state index contributed by atoms with van der Waals surface area (Å²) < 4.78 is 30.3. The van der Waals surface area contributed by atoms with Crippen LogP contribution >= 0.6 is 0 Å². The van der Waals surface area contributed by atoms with Gasteiger partial charge in [0.25, 0.3) is 0 Å². The van der Waals surface area contributed by atoms with Gasteiger partial charge >= 0.3 is 0 Å². The molecule has 5 nitrogen and oxygen atoms in total. The van der Waals surface area contributed by atoms with Crippen LogP contribution in [0.2, 0.25) is 0 Å². The molecule has 1 aromatic heterocycles. The van der Waals surface area contributed by atoms with Crippen molar-refractivity contribution in [2.45, 2.75) is 36.5 Å². The highest BCUT2D eigenvalue weighted by Crippen LogP contribution is 2.47. The summed E-state index contributed by atoms with van der Waals surface area (Å²) in [6.45, 7) is 1.86. The fourth-order valence-electron chi connectivity index (χ4n) is 3.98. The van der Waals surface area contributed by atoms with Crippen molar-refractivity contribution >= 4 is 9.84 Å². The highest BCUT2D eigenvalue weighted by Gasteiger charge is 2.62. The SMILES string of the molecule is O=S1(=O)CCC(COc2ccccn2)C12CN(C1CCC1)C2. The van der Waals surface area contributed by atoms with Crippen LogP contribution in [0.15, 0.2) is 24.4 Å². The fourth-order valence-corrected chi connectivity index (χ4v) is 6.40. The third-order valence-corrected chi connectivity index (χ3v) is 8.30. The van der Waals surface area contributed by atoms with E-state index in [1.165, 1.54) is 19.3 Å². The van der Waals surface area contributed by atoms with Gasteiger partial charge in [0.1, 0.15) is 4.75 Å². The number of rotatable bonds is 4. The van der Waals surface area contributed by atoms with E-state index in [2.05, 4.69) is 9.88 Å². The Morgan fingerprint density at radius 2 is 2.09 bits per heavy atom. The zero-order valence-electron chi connectivity index (χ0n) is 12.6. The lowest BCUT2D eigenvalue weighted by Crippen LogP contribution is -2.70. The minimum absolute atomic E-state index is 0.0934. The molecule has 1 unspecified atom stereocenters. The average Bonchev–Trinajstić information content (AvgIpc) is 2.67. The van der Waals surface area contributed by atoms with Gasteiger partial charge in [0.05, 0.1) is 12.4 Å². The molecule has 3 heterocycles. The maximum atomic E-state index is 12.6. The van der Waals surface area contributed by atoms with Crippen LogP contribution in [0.5, 0.6) is 5.88 Å². The first-order chi connectivity index (χ1) is 10.6. The minimum Gasteiger partial charge on any atom is -0.477 e. The number of hydrogen-bond acceptors (Lipinski definition) is 5. The largest absolute Gasteiger partial charge is 0.477 e. The maximum Gasteiger partial charge on any atom is 0.213 e. The van der Waals surface area contributed by atoms with Crippen molar-refractivity contribution in [3.8, 4) is 5.88 Å². The fraction of sp³-hybridized carbons (Fsp3) is 0.688. The summed E-state index contributed by atoms with van der Waals surface area (Å²) in [6.07, 6.45) is 6.15. The van der Waals surface area contributed by atoms with Gasteiger partial charge in [-0.15, -0.1) is 0 Å². The summed E-state index contributed by atoms with van der Waals surface area (Å²) in [5, 5.41) is 0. The third-order valence-electron chi connectivity index (χ3n) is 5.70. The van der Waals surface area contributed by atoms with Gasteiger partial charge in [-0.3, -0.25) is 4.90 Å². The van der Waals surface area contributed by atoms with Gasteiger partial charge < -0.3 is 4.74 Å². The van der Waals surface area contributed by atoms with Gasteiger partial charge in [0.15, 0.2) is 9.84 Å². The standard InChI is InChI=1S/C16H22N2O3S/c19-22(20)9-7-13(10-21-15-6-1-2-8-17-15)16(22)11-18(12-16)14-4-3-5-14/h1-2,6,8,13-14H,3-5,7,9-12H2. The van der Waals surface area contributed by atoms with Gasteiger partial charge in [0.2, 0.25) is 5.88 Å². The smallest absolute Gasteiger partial charge is 0.213 e. The van der Waals surface area contributed by atoms with E-state index in [9.17, 15) is 8.42 Å². The van der Waals surface area contributed by atoms with Gasteiger partial charge in [-0.2, -0.15) is 0 Å². The highest BCUT2D eigenvalue weighted by atomic mass is 32.2. The Bertz CT molecular complexity index is 637. The van der Waals surface area contributed by atoms with Crippen LogP contribution in [0.4, 0.5) is 0 Å². The Balaban J connectivity index is 1.45. The van der Waals surface area contributed by atoms with Crippen LogP contribution in [-0.4, -0.2) is 54.5 Å². The summed E-state index contributed by atoms with van der Waals surface area (Å²) in [4.78, 5) is 6.51. The molecule has 0 N–H and O–H groups in total. The van der Waals surface area contributed by atoms with Gasteiger partial charge in [0, 0.05) is 37.3 Å². The normalized spacial score (nSPS) is 29.9. The van der Waals surface area contributed by atoms with E-state index in [4.69, 9.17) is 4.74 Å². The van der Waals surface area contributed by atoms with Crippen LogP contribution in [0.1, 0.15) is 25.7 Å². The van der Waals surface area contributed by atoms with Crippen molar-refractivity contribution in [2.24, 2.45) is 5.92 Å². The van der Waals surface area contributed by atoms with Crippen LogP contribution in [0.25, 0.3) is 0 Å². The molecule has 6 heteroatoms. The molecule has 0 amide bonds. The van der Waals surface area contributed by atoms with E-state index in [-0.39, 0.29) is 5.92 Å². The molecule has 2 aliphatic heterocycles. The average molecular weight is 322 g/mol. The monoisotopic (exact) mass is 322 g/mol. The summed E-state index contributed by atoms with van der Waals surface area (Å²) in [5.41, 5.74) is 0. The summed E-state index contributed by atoms with van der Waals surface area (Å²) in [6, 6.07) is 6.17. The van der Waals surface area contributed by atoms with Crippen LogP contribution < -0.4 is 4.74 Å². The lowest BCUT2D eigenvalue weighted by molar-refractivity contribution is 0.00192. The molecule has 0 aromatic carbocycles. The van der Waals surface area contributed by atoms with Gasteiger partial charge in [-0.25, -0.2) is 13.4 Å². The lowest BCUT2D eigenvalue weighted by atomic mass is 9.79. The number of ether oxygens (including phenoxy) is 1. The van der Waals surface area contributed by atoms with Gasteiger partial charge in [-0.1, -0.05) is 12.5 Å². The quantitative estimate of drug-likeness (QED) is 0.841. The Morgan fingerprint density at radius 3 is 2.73 bits per heavy atom. The van der Waals surface area contributed by atoms with Gasteiger partial charge in [-0.05, 0) is 25.3 Å². The Kier molecular flexibility index (Phi) is 3.42. The first-order valence-corrected chi connectivity index (χ1v) is 9.76. The number of pyridine rings is 1. The lowest BCUT2D eigenvalue weighted by Gasteiger charge is -2.55. The molecule has 0 bridgehead atoms. The maximum absolute atomic E-state index is 12.6. The zero-order valence-corrected chi connectivity index (χ0v) is 13.5. The summed E-state index contributed by atoms with van der Waals surface area (Å²) >= 11 is 0. The molecule has 0 radical (unpaired) electrons. The molecule has 3 aliphatic rings. The molecule has 1 saturated carbocycles. The van der Waals surface area contributed by atoms with Crippen molar-refractivity contribution in [3.05, 3.63) is 24.4 Å². The second-order valence-corrected chi connectivity index (χ2v) is 9.29. The predicted octanol–water partition coefficient (Wildman–Crippen LogP) is 1.50.